The zero-order valence-corrected chi connectivity index (χ0v) is 10.2. The summed E-state index contributed by atoms with van der Waals surface area (Å²) in [6.07, 6.45) is 2.03. The molecule has 15 heavy (non-hydrogen) atoms. The standard InChI is InChI=1S/C12H16BrNO/c13-11-3-1-9(2-4-11)10-5-12(6-10,7-14)8-15/h1-4,10,15H,5-8,14H2. The number of nitrogens with two attached hydrogens (primary N) is 1. The molecule has 82 valence electrons. The molecule has 0 atom stereocenters. The van der Waals surface area contributed by atoms with E-state index in [1.165, 1.54) is 5.56 Å². The highest BCUT2D eigenvalue weighted by Gasteiger charge is 2.43. The Morgan fingerprint density at radius 2 is 1.93 bits per heavy atom. The molecule has 3 N–H and O–H groups in total. The molecular formula is C12H16BrNO. The van der Waals surface area contributed by atoms with Gasteiger partial charge in [-0.15, -0.1) is 0 Å². The van der Waals surface area contributed by atoms with Gasteiger partial charge in [-0.2, -0.15) is 0 Å². The highest BCUT2D eigenvalue weighted by atomic mass is 79.9. The van der Waals surface area contributed by atoms with Crippen molar-refractivity contribution >= 4 is 15.9 Å². The van der Waals surface area contributed by atoms with Crippen molar-refractivity contribution in [2.75, 3.05) is 13.2 Å². The quantitative estimate of drug-likeness (QED) is 0.885. The summed E-state index contributed by atoms with van der Waals surface area (Å²) < 4.78 is 1.11. The molecule has 0 saturated heterocycles. The van der Waals surface area contributed by atoms with Gasteiger partial charge in [-0.05, 0) is 36.5 Å². The van der Waals surface area contributed by atoms with Gasteiger partial charge < -0.3 is 10.8 Å². The zero-order valence-electron chi connectivity index (χ0n) is 8.62. The number of benzene rings is 1. The SMILES string of the molecule is NCC1(CO)CC(c2ccc(Br)cc2)C1. The summed E-state index contributed by atoms with van der Waals surface area (Å²) in [5.74, 6) is 0.578. The second-order valence-electron chi connectivity index (χ2n) is 4.52. The van der Waals surface area contributed by atoms with Crippen LogP contribution in [-0.4, -0.2) is 18.3 Å². The van der Waals surface area contributed by atoms with Crippen LogP contribution in [0.25, 0.3) is 0 Å². The zero-order chi connectivity index (χ0) is 10.9. The molecule has 1 aliphatic carbocycles. The summed E-state index contributed by atoms with van der Waals surface area (Å²) in [5, 5.41) is 9.26. The van der Waals surface area contributed by atoms with E-state index in [0.29, 0.717) is 12.5 Å². The molecule has 0 heterocycles. The molecule has 0 unspecified atom stereocenters. The van der Waals surface area contributed by atoms with Gasteiger partial charge in [0.05, 0.1) is 0 Å². The van der Waals surface area contributed by atoms with E-state index in [0.717, 1.165) is 17.3 Å². The Balaban J connectivity index is 2.02. The molecular weight excluding hydrogens is 254 g/mol. The van der Waals surface area contributed by atoms with Gasteiger partial charge in [-0.25, -0.2) is 0 Å². The third kappa shape index (κ3) is 2.10. The van der Waals surface area contributed by atoms with Crippen molar-refractivity contribution in [3.05, 3.63) is 34.3 Å². The Kier molecular flexibility index (Phi) is 3.14. The molecule has 0 aliphatic heterocycles. The summed E-state index contributed by atoms with van der Waals surface area (Å²) in [6.45, 7) is 0.813. The van der Waals surface area contributed by atoms with Crippen molar-refractivity contribution in [1.29, 1.82) is 0 Å². The van der Waals surface area contributed by atoms with Crippen LogP contribution in [0.1, 0.15) is 24.3 Å². The van der Waals surface area contributed by atoms with Gasteiger partial charge in [0.1, 0.15) is 0 Å². The molecule has 0 radical (unpaired) electrons. The van der Waals surface area contributed by atoms with Crippen molar-refractivity contribution in [3.63, 3.8) is 0 Å². The van der Waals surface area contributed by atoms with Crippen molar-refractivity contribution < 1.29 is 5.11 Å². The van der Waals surface area contributed by atoms with Crippen LogP contribution in [0.15, 0.2) is 28.7 Å². The lowest BCUT2D eigenvalue weighted by Crippen LogP contribution is -2.44. The fourth-order valence-corrected chi connectivity index (χ4v) is 2.58. The van der Waals surface area contributed by atoms with E-state index in [9.17, 15) is 5.11 Å². The largest absolute Gasteiger partial charge is 0.396 e. The number of rotatable bonds is 3. The number of hydrogen-bond acceptors (Lipinski definition) is 2. The maximum atomic E-state index is 9.26. The minimum absolute atomic E-state index is 0.00224. The van der Waals surface area contributed by atoms with E-state index in [1.54, 1.807) is 0 Å². The molecule has 0 aromatic heterocycles. The fraction of sp³-hybridized carbons (Fsp3) is 0.500. The van der Waals surface area contributed by atoms with E-state index < -0.39 is 0 Å². The third-order valence-corrected chi connectivity index (χ3v) is 4.00. The molecule has 2 nitrogen and oxygen atoms in total. The predicted molar refractivity (Wildman–Crippen MR) is 64.7 cm³/mol. The van der Waals surface area contributed by atoms with Gasteiger partial charge in [0.2, 0.25) is 0 Å². The second-order valence-corrected chi connectivity index (χ2v) is 5.43. The molecule has 1 aliphatic rings. The summed E-state index contributed by atoms with van der Waals surface area (Å²) in [5.41, 5.74) is 7.03. The molecule has 1 saturated carbocycles. The molecule has 3 heteroatoms. The van der Waals surface area contributed by atoms with Crippen LogP contribution in [-0.2, 0) is 0 Å². The molecule has 2 rings (SSSR count). The average Bonchev–Trinajstić information content (AvgIpc) is 2.20. The lowest BCUT2D eigenvalue weighted by Gasteiger charge is -2.46. The van der Waals surface area contributed by atoms with Crippen LogP contribution in [0.3, 0.4) is 0 Å². The van der Waals surface area contributed by atoms with Gasteiger partial charge in [-0.3, -0.25) is 0 Å². The van der Waals surface area contributed by atoms with Crippen molar-refractivity contribution in [3.8, 4) is 0 Å². The van der Waals surface area contributed by atoms with Crippen molar-refractivity contribution in [2.24, 2.45) is 11.1 Å². The van der Waals surface area contributed by atoms with Crippen molar-refractivity contribution in [2.45, 2.75) is 18.8 Å². The summed E-state index contributed by atoms with van der Waals surface area (Å²) in [7, 11) is 0. The van der Waals surface area contributed by atoms with Crippen LogP contribution < -0.4 is 5.73 Å². The molecule has 1 aromatic rings. The van der Waals surface area contributed by atoms with E-state index in [4.69, 9.17) is 5.73 Å². The number of hydrogen-bond donors (Lipinski definition) is 2. The van der Waals surface area contributed by atoms with Gasteiger partial charge >= 0.3 is 0 Å². The Morgan fingerprint density at radius 3 is 2.40 bits per heavy atom. The van der Waals surface area contributed by atoms with Gasteiger partial charge in [0, 0.05) is 23.0 Å². The number of aliphatic hydroxyl groups excluding tert-OH is 1. The summed E-state index contributed by atoms with van der Waals surface area (Å²) >= 11 is 3.42. The monoisotopic (exact) mass is 269 g/mol. The number of aliphatic hydroxyl groups is 1. The molecule has 1 aromatic carbocycles. The Bertz CT molecular complexity index is 324. The summed E-state index contributed by atoms with van der Waals surface area (Å²) in [6, 6.07) is 8.42. The lowest BCUT2D eigenvalue weighted by atomic mass is 9.60. The molecule has 0 amide bonds. The van der Waals surface area contributed by atoms with E-state index in [1.807, 2.05) is 0 Å². The normalized spacial score (nSPS) is 29.9. The first kappa shape index (κ1) is 11.1. The topological polar surface area (TPSA) is 46.2 Å². The van der Waals surface area contributed by atoms with E-state index in [-0.39, 0.29) is 12.0 Å². The predicted octanol–water partition coefficient (Wildman–Crippen LogP) is 2.26. The van der Waals surface area contributed by atoms with Crippen LogP contribution in [0.4, 0.5) is 0 Å². The first-order chi connectivity index (χ1) is 7.19. The second kappa shape index (κ2) is 4.24. The Hall–Kier alpha value is -0.380. The van der Waals surface area contributed by atoms with Gasteiger partial charge in [0.25, 0.3) is 0 Å². The molecule has 0 bridgehead atoms. The lowest BCUT2D eigenvalue weighted by molar-refractivity contribution is 0.0337. The maximum absolute atomic E-state index is 9.26. The van der Waals surface area contributed by atoms with Gasteiger partial charge in [-0.1, -0.05) is 28.1 Å². The highest BCUT2D eigenvalue weighted by Crippen LogP contribution is 2.50. The average molecular weight is 270 g/mol. The fourth-order valence-electron chi connectivity index (χ4n) is 2.32. The van der Waals surface area contributed by atoms with Crippen LogP contribution in [0, 0.1) is 5.41 Å². The molecule has 1 fully saturated rings. The third-order valence-electron chi connectivity index (χ3n) is 3.47. The summed E-state index contributed by atoms with van der Waals surface area (Å²) in [4.78, 5) is 0. The van der Waals surface area contributed by atoms with E-state index >= 15 is 0 Å². The van der Waals surface area contributed by atoms with Crippen LogP contribution in [0.5, 0.6) is 0 Å². The van der Waals surface area contributed by atoms with Crippen LogP contribution in [0.2, 0.25) is 0 Å². The minimum Gasteiger partial charge on any atom is -0.396 e. The first-order valence-electron chi connectivity index (χ1n) is 5.25. The highest BCUT2D eigenvalue weighted by molar-refractivity contribution is 9.10. The van der Waals surface area contributed by atoms with Gasteiger partial charge in [0.15, 0.2) is 0 Å². The van der Waals surface area contributed by atoms with Crippen LogP contribution >= 0.6 is 15.9 Å². The maximum Gasteiger partial charge on any atom is 0.0499 e. The minimum atomic E-state index is -0.00224. The Labute approximate surface area is 98.6 Å². The van der Waals surface area contributed by atoms with E-state index in [2.05, 4.69) is 40.2 Å². The van der Waals surface area contributed by atoms with Crippen molar-refractivity contribution in [1.82, 2.24) is 0 Å². The Morgan fingerprint density at radius 1 is 1.33 bits per heavy atom. The number of halogens is 1. The first-order valence-corrected chi connectivity index (χ1v) is 6.05. The smallest absolute Gasteiger partial charge is 0.0499 e. The molecule has 0 spiro atoms.